The Hall–Kier alpha value is 0.0969. The van der Waals surface area contributed by atoms with E-state index in [4.69, 9.17) is 9.57 Å². The molecule has 1 aliphatic heterocycles. The van der Waals surface area contributed by atoms with Crippen LogP contribution in [0.5, 0.6) is 0 Å². The summed E-state index contributed by atoms with van der Waals surface area (Å²) in [7, 11) is -0.825. The summed E-state index contributed by atoms with van der Waals surface area (Å²) in [6.45, 7) is 7.98. The summed E-state index contributed by atoms with van der Waals surface area (Å²) in [5, 5.41) is 0. The molecule has 0 aromatic rings. The lowest BCUT2D eigenvalue weighted by atomic mass is 10.4. The number of ether oxygens (including phenoxy) is 1. The largest absolute Gasteiger partial charge is 0.353 e. The smallest absolute Gasteiger partial charge is 0.167 e. The van der Waals surface area contributed by atoms with Crippen LogP contribution in [0.15, 0.2) is 0 Å². The minimum Gasteiger partial charge on any atom is -0.353 e. The third kappa shape index (κ3) is 3.28. The van der Waals surface area contributed by atoms with E-state index in [2.05, 4.69) is 26.3 Å². The van der Waals surface area contributed by atoms with E-state index in [0.29, 0.717) is 0 Å². The van der Waals surface area contributed by atoms with Crippen LogP contribution in [0, 0.1) is 0 Å². The Kier molecular flexibility index (Phi) is 5.82. The van der Waals surface area contributed by atoms with Gasteiger partial charge in [0.25, 0.3) is 0 Å². The molecule has 1 saturated heterocycles. The Labute approximate surface area is 95.1 Å². The molecule has 90 valence electrons. The highest BCUT2D eigenvalue weighted by Crippen LogP contribution is 2.39. The van der Waals surface area contributed by atoms with Crippen molar-refractivity contribution in [3.05, 3.63) is 0 Å². The topological polar surface area (TPSA) is 30.5 Å². The lowest BCUT2D eigenvalue weighted by Gasteiger charge is -2.47. The molecule has 2 unspecified atom stereocenters. The van der Waals surface area contributed by atoms with E-state index in [1.807, 2.05) is 0 Å². The van der Waals surface area contributed by atoms with Crippen molar-refractivity contribution in [2.24, 2.45) is 0 Å². The van der Waals surface area contributed by atoms with Crippen LogP contribution in [0.1, 0.15) is 40.0 Å². The van der Waals surface area contributed by atoms with Gasteiger partial charge in [-0.15, -0.1) is 0 Å². The standard InChI is InChI=1S/C11H25NO2Si/c1-4-7-9-15-10-8-11(15,13-6-3)14-12-5-2/h12,15H,4-10H2,1-3H3. The molecule has 0 bridgehead atoms. The SMILES string of the molecule is CCCC[SiH]1CCC1(OCC)ONCC. The van der Waals surface area contributed by atoms with Gasteiger partial charge in [-0.1, -0.05) is 38.8 Å². The first-order chi connectivity index (χ1) is 7.29. The highest BCUT2D eigenvalue weighted by atomic mass is 28.3. The van der Waals surface area contributed by atoms with Crippen LogP contribution in [0.2, 0.25) is 12.1 Å². The quantitative estimate of drug-likeness (QED) is 0.395. The van der Waals surface area contributed by atoms with Crippen LogP contribution in [0.3, 0.4) is 0 Å². The Bertz CT molecular complexity index is 180. The number of nitrogens with one attached hydrogen (secondary N) is 1. The molecule has 0 aliphatic carbocycles. The van der Waals surface area contributed by atoms with Crippen LogP contribution in [-0.2, 0) is 9.57 Å². The maximum Gasteiger partial charge on any atom is 0.167 e. The average Bonchev–Trinajstić information content (AvgIpc) is 2.23. The van der Waals surface area contributed by atoms with Gasteiger partial charge in [0.15, 0.2) is 5.41 Å². The van der Waals surface area contributed by atoms with Gasteiger partial charge in [-0.05, 0) is 13.3 Å². The predicted octanol–water partition coefficient (Wildman–Crippen LogP) is 2.23. The first kappa shape index (κ1) is 13.2. The van der Waals surface area contributed by atoms with Crippen molar-refractivity contribution in [3.63, 3.8) is 0 Å². The van der Waals surface area contributed by atoms with E-state index in [1.165, 1.54) is 24.9 Å². The zero-order valence-corrected chi connectivity index (χ0v) is 11.5. The molecule has 1 fully saturated rings. The average molecular weight is 231 g/mol. The van der Waals surface area contributed by atoms with Crippen LogP contribution in [-0.4, -0.2) is 27.4 Å². The van der Waals surface area contributed by atoms with E-state index in [0.717, 1.165) is 19.6 Å². The molecule has 1 rings (SSSR count). The first-order valence-corrected chi connectivity index (χ1v) is 8.54. The Morgan fingerprint density at radius 3 is 2.60 bits per heavy atom. The fraction of sp³-hybridized carbons (Fsp3) is 1.00. The van der Waals surface area contributed by atoms with Gasteiger partial charge in [0, 0.05) is 13.2 Å². The van der Waals surface area contributed by atoms with Gasteiger partial charge in [-0.2, -0.15) is 5.48 Å². The summed E-state index contributed by atoms with van der Waals surface area (Å²) in [6.07, 6.45) is 3.71. The van der Waals surface area contributed by atoms with E-state index in [-0.39, 0.29) is 5.41 Å². The number of hydroxylamine groups is 1. The molecule has 2 atom stereocenters. The van der Waals surface area contributed by atoms with Gasteiger partial charge < -0.3 is 4.74 Å². The van der Waals surface area contributed by atoms with Gasteiger partial charge in [-0.25, -0.2) is 0 Å². The Morgan fingerprint density at radius 1 is 1.33 bits per heavy atom. The molecule has 0 radical (unpaired) electrons. The summed E-state index contributed by atoms with van der Waals surface area (Å²) in [4.78, 5) is 5.75. The summed E-state index contributed by atoms with van der Waals surface area (Å²) >= 11 is 0. The number of hydrogen-bond donors (Lipinski definition) is 1. The molecule has 0 spiro atoms. The highest BCUT2D eigenvalue weighted by molar-refractivity contribution is 6.64. The second-order valence-electron chi connectivity index (χ2n) is 4.22. The minimum absolute atomic E-state index is 0.181. The molecular weight excluding hydrogens is 206 g/mol. The highest BCUT2D eigenvalue weighted by Gasteiger charge is 2.50. The minimum atomic E-state index is -0.825. The lowest BCUT2D eigenvalue weighted by Crippen LogP contribution is -2.60. The zero-order chi connectivity index (χ0) is 11.1. The Balaban J connectivity index is 2.41. The molecule has 1 heterocycles. The molecule has 3 nitrogen and oxygen atoms in total. The zero-order valence-electron chi connectivity index (χ0n) is 10.3. The van der Waals surface area contributed by atoms with Gasteiger partial charge in [0.05, 0.1) is 0 Å². The summed E-state index contributed by atoms with van der Waals surface area (Å²) in [5.41, 5.74) is 2.81. The summed E-state index contributed by atoms with van der Waals surface area (Å²) in [5.74, 6) is 0. The third-order valence-corrected chi connectivity index (χ3v) is 7.06. The third-order valence-electron chi connectivity index (χ3n) is 3.15. The van der Waals surface area contributed by atoms with E-state index in [1.54, 1.807) is 0 Å². The monoisotopic (exact) mass is 231 g/mol. The predicted molar refractivity (Wildman–Crippen MR) is 65.4 cm³/mol. The number of rotatable bonds is 8. The van der Waals surface area contributed by atoms with Crippen LogP contribution in [0.25, 0.3) is 0 Å². The fourth-order valence-corrected chi connectivity index (χ4v) is 5.64. The molecule has 15 heavy (non-hydrogen) atoms. The van der Waals surface area contributed by atoms with Crippen molar-refractivity contribution < 1.29 is 9.57 Å². The molecule has 1 N–H and O–H groups in total. The molecule has 1 aliphatic rings. The van der Waals surface area contributed by atoms with Gasteiger partial charge in [0.1, 0.15) is 8.80 Å². The maximum atomic E-state index is 5.85. The molecular formula is C11H25NO2Si. The van der Waals surface area contributed by atoms with Crippen LogP contribution in [0.4, 0.5) is 0 Å². The molecule has 0 amide bonds. The van der Waals surface area contributed by atoms with Crippen molar-refractivity contribution in [1.82, 2.24) is 5.48 Å². The normalized spacial score (nSPS) is 30.2. The second-order valence-corrected chi connectivity index (χ2v) is 7.65. The van der Waals surface area contributed by atoms with E-state index >= 15 is 0 Å². The number of hydrogen-bond acceptors (Lipinski definition) is 3. The van der Waals surface area contributed by atoms with Crippen LogP contribution < -0.4 is 5.48 Å². The first-order valence-electron chi connectivity index (χ1n) is 6.33. The summed E-state index contributed by atoms with van der Waals surface area (Å²) in [6, 6.07) is 2.74. The van der Waals surface area contributed by atoms with Crippen molar-refractivity contribution in [2.45, 2.75) is 57.5 Å². The lowest BCUT2D eigenvalue weighted by molar-refractivity contribution is -0.229. The van der Waals surface area contributed by atoms with Gasteiger partial charge in [0.2, 0.25) is 0 Å². The molecule has 0 aromatic heterocycles. The van der Waals surface area contributed by atoms with Crippen molar-refractivity contribution in [3.8, 4) is 0 Å². The van der Waals surface area contributed by atoms with Gasteiger partial charge in [-0.3, -0.25) is 4.84 Å². The maximum absolute atomic E-state index is 5.85. The number of unbranched alkanes of at least 4 members (excludes halogenated alkanes) is 1. The van der Waals surface area contributed by atoms with E-state index < -0.39 is 8.80 Å². The van der Waals surface area contributed by atoms with Crippen molar-refractivity contribution in [1.29, 1.82) is 0 Å². The van der Waals surface area contributed by atoms with Gasteiger partial charge >= 0.3 is 0 Å². The second kappa shape index (κ2) is 6.63. The molecule has 0 aromatic carbocycles. The van der Waals surface area contributed by atoms with Crippen molar-refractivity contribution in [2.75, 3.05) is 13.2 Å². The fourth-order valence-electron chi connectivity index (χ4n) is 2.19. The van der Waals surface area contributed by atoms with E-state index in [9.17, 15) is 0 Å². The van der Waals surface area contributed by atoms with Crippen molar-refractivity contribution >= 4 is 8.80 Å². The van der Waals surface area contributed by atoms with Crippen LogP contribution >= 0.6 is 0 Å². The summed E-state index contributed by atoms with van der Waals surface area (Å²) < 4.78 is 5.85. The Morgan fingerprint density at radius 2 is 2.13 bits per heavy atom. The molecule has 0 saturated carbocycles. The molecule has 4 heteroatoms.